The summed E-state index contributed by atoms with van der Waals surface area (Å²) < 4.78 is 37.0. The van der Waals surface area contributed by atoms with E-state index in [1.54, 1.807) is 63.3 Å². The van der Waals surface area contributed by atoms with Crippen molar-refractivity contribution in [1.82, 2.24) is 14.6 Å². The molecule has 0 saturated carbocycles. The number of benzene rings is 1. The van der Waals surface area contributed by atoms with E-state index in [-0.39, 0.29) is 6.10 Å². The van der Waals surface area contributed by atoms with E-state index in [0.29, 0.717) is 11.3 Å². The molecule has 1 aliphatic rings. The second-order valence-corrected chi connectivity index (χ2v) is 10.0. The molecule has 1 aliphatic heterocycles. The molecular formula is C22H28N3O8P. The molecule has 0 amide bonds. The predicted molar refractivity (Wildman–Crippen MR) is 124 cm³/mol. The Morgan fingerprint density at radius 3 is 2.59 bits per heavy atom. The third-order valence-corrected chi connectivity index (χ3v) is 6.40. The topological polar surface area (TPSA) is 138 Å². The van der Waals surface area contributed by atoms with Crippen molar-refractivity contribution in [3.8, 4) is 5.75 Å². The van der Waals surface area contributed by atoms with Crippen LogP contribution < -0.4 is 20.9 Å². The second-order valence-electron chi connectivity index (χ2n) is 7.97. The maximum Gasteiger partial charge on any atom is 0.342 e. The molecule has 0 spiro atoms. The Labute approximate surface area is 196 Å². The number of hydrogen-bond acceptors (Lipinski definition) is 8. The van der Waals surface area contributed by atoms with E-state index in [9.17, 15) is 18.9 Å². The van der Waals surface area contributed by atoms with E-state index >= 15 is 0 Å². The normalized spacial score (nSPS) is 20.1. The fraction of sp³-hybridized carbons (Fsp3) is 0.409. The lowest BCUT2D eigenvalue weighted by atomic mass is 10.3. The molecule has 34 heavy (non-hydrogen) atoms. The number of carbonyl (C=O) groups excluding carboxylic acids is 1. The number of aromatic nitrogens is 2. The van der Waals surface area contributed by atoms with Gasteiger partial charge in [-0.15, -0.1) is 0 Å². The summed E-state index contributed by atoms with van der Waals surface area (Å²) in [6.07, 6.45) is 1.95. The Bertz CT molecular complexity index is 1190. The number of para-hydroxylation sites is 1. The number of aryl methyl sites for hydroxylation is 1. The third kappa shape index (κ3) is 6.77. The minimum Gasteiger partial charge on any atom is -0.462 e. The molecular weight excluding hydrogens is 465 g/mol. The van der Waals surface area contributed by atoms with Crippen molar-refractivity contribution in [2.75, 3.05) is 6.35 Å². The van der Waals surface area contributed by atoms with Gasteiger partial charge in [-0.3, -0.25) is 23.7 Å². The number of aromatic amines is 1. The average Bonchev–Trinajstić information content (AvgIpc) is 3.24. The minimum atomic E-state index is -3.77. The fourth-order valence-electron chi connectivity index (χ4n) is 3.04. The van der Waals surface area contributed by atoms with Gasteiger partial charge in [-0.05, 0) is 52.0 Å². The lowest BCUT2D eigenvalue weighted by molar-refractivity contribution is -0.149. The molecule has 2 aromatic rings. The maximum absolute atomic E-state index is 13.6. The van der Waals surface area contributed by atoms with Gasteiger partial charge in [0.2, 0.25) is 0 Å². The highest BCUT2D eigenvalue weighted by Gasteiger charge is 2.33. The highest BCUT2D eigenvalue weighted by atomic mass is 31.2. The van der Waals surface area contributed by atoms with Crippen LogP contribution in [-0.2, 0) is 23.6 Å². The Morgan fingerprint density at radius 1 is 1.21 bits per heavy atom. The summed E-state index contributed by atoms with van der Waals surface area (Å²) in [7, 11) is -3.77. The second kappa shape index (κ2) is 11.0. The van der Waals surface area contributed by atoms with Crippen molar-refractivity contribution in [1.29, 1.82) is 0 Å². The van der Waals surface area contributed by atoms with Crippen LogP contribution in [0.15, 0.2) is 58.3 Å². The molecule has 2 N–H and O–H groups in total. The van der Waals surface area contributed by atoms with Gasteiger partial charge in [0.15, 0.2) is 18.9 Å². The molecule has 11 nitrogen and oxygen atoms in total. The molecule has 4 atom stereocenters. The van der Waals surface area contributed by atoms with Gasteiger partial charge in [0.05, 0.1) is 6.10 Å². The summed E-state index contributed by atoms with van der Waals surface area (Å²) in [5.41, 5.74) is -0.775. The number of hydrogen-bond donors (Lipinski definition) is 2. The van der Waals surface area contributed by atoms with Crippen LogP contribution in [0, 0.1) is 6.92 Å². The quantitative estimate of drug-likeness (QED) is 0.290. The number of H-pyrrole nitrogens is 1. The van der Waals surface area contributed by atoms with E-state index in [4.69, 9.17) is 18.7 Å². The first-order chi connectivity index (χ1) is 16.1. The first-order valence-corrected chi connectivity index (χ1v) is 12.5. The molecule has 2 heterocycles. The van der Waals surface area contributed by atoms with Crippen molar-refractivity contribution >= 4 is 13.5 Å². The van der Waals surface area contributed by atoms with Crippen molar-refractivity contribution in [2.45, 2.75) is 52.4 Å². The number of ether oxygens (including phenoxy) is 3. The van der Waals surface area contributed by atoms with Gasteiger partial charge in [-0.2, -0.15) is 0 Å². The van der Waals surface area contributed by atoms with E-state index < -0.39 is 49.6 Å². The van der Waals surface area contributed by atoms with Crippen LogP contribution in [0.5, 0.6) is 5.75 Å². The predicted octanol–water partition coefficient (Wildman–Crippen LogP) is 2.43. The molecule has 0 bridgehead atoms. The first kappa shape index (κ1) is 25.6. The molecule has 0 aliphatic carbocycles. The number of nitrogens with zero attached hydrogens (tertiary/aromatic N) is 1. The molecule has 1 aromatic carbocycles. The van der Waals surface area contributed by atoms with Crippen LogP contribution in [0.2, 0.25) is 0 Å². The molecule has 12 heteroatoms. The SMILES string of the molecule is Cc1cn(C2C=CC(OCP(=O)(NC(C)C(=O)OC(C)C)Oc3ccccc3)O2)c(=O)[nH]c1=O. The third-order valence-electron chi connectivity index (χ3n) is 4.63. The highest BCUT2D eigenvalue weighted by molar-refractivity contribution is 7.57. The lowest BCUT2D eigenvalue weighted by Gasteiger charge is -2.25. The summed E-state index contributed by atoms with van der Waals surface area (Å²) in [5.74, 6) is -0.265. The molecule has 0 radical (unpaired) electrons. The summed E-state index contributed by atoms with van der Waals surface area (Å²) in [6, 6.07) is 7.53. The Hall–Kier alpha value is -2.98. The van der Waals surface area contributed by atoms with Crippen molar-refractivity contribution in [2.24, 2.45) is 0 Å². The number of esters is 1. The smallest absolute Gasteiger partial charge is 0.342 e. The van der Waals surface area contributed by atoms with Gasteiger partial charge in [0.25, 0.3) is 5.56 Å². The van der Waals surface area contributed by atoms with Gasteiger partial charge in [0, 0.05) is 11.8 Å². The summed E-state index contributed by atoms with van der Waals surface area (Å²) >= 11 is 0. The maximum atomic E-state index is 13.6. The summed E-state index contributed by atoms with van der Waals surface area (Å²) in [5, 5.41) is 2.70. The van der Waals surface area contributed by atoms with Gasteiger partial charge >= 0.3 is 19.2 Å². The number of carbonyl (C=O) groups is 1. The van der Waals surface area contributed by atoms with Crippen LogP contribution in [0.4, 0.5) is 0 Å². The van der Waals surface area contributed by atoms with E-state index in [1.165, 1.54) is 17.7 Å². The largest absolute Gasteiger partial charge is 0.462 e. The molecule has 0 fully saturated rings. The Kier molecular flexibility index (Phi) is 8.27. The van der Waals surface area contributed by atoms with Gasteiger partial charge < -0.3 is 18.7 Å². The molecule has 184 valence electrons. The molecule has 0 saturated heterocycles. The van der Waals surface area contributed by atoms with Crippen LogP contribution in [0.3, 0.4) is 0 Å². The highest BCUT2D eigenvalue weighted by Crippen LogP contribution is 2.44. The van der Waals surface area contributed by atoms with E-state index in [1.807, 2.05) is 0 Å². The molecule has 3 rings (SSSR count). The number of nitrogens with one attached hydrogen (secondary N) is 2. The van der Waals surface area contributed by atoms with Crippen LogP contribution in [0.25, 0.3) is 0 Å². The molecule has 1 aromatic heterocycles. The zero-order valence-corrected chi connectivity index (χ0v) is 20.2. The fourth-order valence-corrected chi connectivity index (χ4v) is 4.72. The van der Waals surface area contributed by atoms with Crippen LogP contribution >= 0.6 is 7.52 Å². The standard InChI is InChI=1S/C22H28N3O8P/c1-14(2)31-21(27)16(4)24-34(29,33-17-8-6-5-7-9-17)13-30-19-11-10-18(32-19)25-12-15(3)20(26)23-22(25)28/h5-12,14,16,18-19H,13H2,1-4H3,(H,24,29)(H,23,26,28). The molecule has 4 unspecified atom stereocenters. The van der Waals surface area contributed by atoms with Crippen molar-refractivity contribution < 1.29 is 28.1 Å². The Morgan fingerprint density at radius 2 is 1.91 bits per heavy atom. The number of rotatable bonds is 10. The first-order valence-electron chi connectivity index (χ1n) is 10.7. The van der Waals surface area contributed by atoms with Gasteiger partial charge in [-0.1, -0.05) is 18.2 Å². The van der Waals surface area contributed by atoms with Crippen LogP contribution in [-0.4, -0.2) is 40.3 Å². The van der Waals surface area contributed by atoms with E-state index in [2.05, 4.69) is 10.1 Å². The average molecular weight is 493 g/mol. The summed E-state index contributed by atoms with van der Waals surface area (Å²) in [4.78, 5) is 38.1. The minimum absolute atomic E-state index is 0.322. The van der Waals surface area contributed by atoms with Crippen LogP contribution in [0.1, 0.15) is 32.6 Å². The Balaban J connectivity index is 1.69. The monoisotopic (exact) mass is 493 g/mol. The van der Waals surface area contributed by atoms with Crippen molar-refractivity contribution in [3.63, 3.8) is 0 Å². The lowest BCUT2D eigenvalue weighted by Crippen LogP contribution is -2.37. The zero-order valence-electron chi connectivity index (χ0n) is 19.3. The zero-order chi connectivity index (χ0) is 24.9. The van der Waals surface area contributed by atoms with Gasteiger partial charge in [-0.25, -0.2) is 9.88 Å². The van der Waals surface area contributed by atoms with E-state index in [0.717, 1.165) is 0 Å². The summed E-state index contributed by atoms with van der Waals surface area (Å²) in [6.45, 7) is 6.50. The van der Waals surface area contributed by atoms with Gasteiger partial charge in [0.1, 0.15) is 11.8 Å². The van der Waals surface area contributed by atoms with Crippen molar-refractivity contribution in [3.05, 3.63) is 75.1 Å².